The van der Waals surface area contributed by atoms with Crippen LogP contribution in [-0.4, -0.2) is 46.9 Å². The average molecular weight is 330 g/mol. The number of hydrogen-bond donors (Lipinski definition) is 1. The molecule has 1 fully saturated rings. The number of benzene rings is 1. The Kier molecular flexibility index (Phi) is 5.23. The number of aryl methyl sites for hydroxylation is 1. The van der Waals surface area contributed by atoms with E-state index in [1.165, 1.54) is 17.7 Å². The molecule has 128 valence electrons. The molecule has 5 heteroatoms. The van der Waals surface area contributed by atoms with E-state index in [2.05, 4.69) is 16.0 Å². The quantitative estimate of drug-likeness (QED) is 0.914. The zero-order valence-electron chi connectivity index (χ0n) is 13.9. The van der Waals surface area contributed by atoms with E-state index in [9.17, 15) is 9.50 Å². The van der Waals surface area contributed by atoms with Gasteiger partial charge in [-0.05, 0) is 36.2 Å². The van der Waals surface area contributed by atoms with Crippen LogP contribution >= 0.6 is 0 Å². The van der Waals surface area contributed by atoms with E-state index in [1.54, 1.807) is 12.3 Å². The molecule has 1 N–H and O–H groups in total. The van der Waals surface area contributed by atoms with Gasteiger partial charge in [0.15, 0.2) is 0 Å². The van der Waals surface area contributed by atoms with Crippen molar-refractivity contribution in [3.8, 4) is 0 Å². The first-order valence-electron chi connectivity index (χ1n) is 8.22. The Bertz CT molecular complexity index is 695. The van der Waals surface area contributed by atoms with Crippen LogP contribution < -0.4 is 0 Å². The summed E-state index contributed by atoms with van der Waals surface area (Å²) in [4.78, 5) is 6.60. The zero-order valence-corrected chi connectivity index (χ0v) is 13.9. The molecule has 1 unspecified atom stereocenters. The number of ether oxygens (including phenoxy) is 1. The summed E-state index contributed by atoms with van der Waals surface area (Å²) in [5, 5.41) is 9.95. The fourth-order valence-corrected chi connectivity index (χ4v) is 3.26. The number of aliphatic hydroxyl groups is 1. The summed E-state index contributed by atoms with van der Waals surface area (Å²) in [6.07, 6.45) is 2.28. The number of morpholine rings is 1. The Labute approximate surface area is 141 Å². The molecule has 0 amide bonds. The number of aliphatic hydroxyl groups excluding tert-OH is 1. The molecule has 1 saturated heterocycles. The van der Waals surface area contributed by atoms with Gasteiger partial charge < -0.3 is 9.84 Å². The van der Waals surface area contributed by atoms with E-state index in [4.69, 9.17) is 4.74 Å². The van der Waals surface area contributed by atoms with Crippen LogP contribution in [0.15, 0.2) is 42.6 Å². The summed E-state index contributed by atoms with van der Waals surface area (Å²) >= 11 is 0. The van der Waals surface area contributed by atoms with Gasteiger partial charge in [0, 0.05) is 37.9 Å². The zero-order chi connectivity index (χ0) is 17.0. The molecule has 1 aliphatic heterocycles. The fraction of sp³-hybridized carbons (Fsp3) is 0.421. The van der Waals surface area contributed by atoms with E-state index >= 15 is 0 Å². The third-order valence-corrected chi connectivity index (χ3v) is 4.54. The summed E-state index contributed by atoms with van der Waals surface area (Å²) in [5.74, 6) is -0.265. The molecular formula is C19H23FN2O2. The first-order valence-corrected chi connectivity index (χ1v) is 8.22. The Balaban J connectivity index is 1.73. The van der Waals surface area contributed by atoms with Crippen molar-refractivity contribution in [3.63, 3.8) is 0 Å². The fourth-order valence-electron chi connectivity index (χ4n) is 3.26. The highest BCUT2D eigenvalue weighted by Crippen LogP contribution is 2.24. The molecule has 0 bridgehead atoms. The van der Waals surface area contributed by atoms with Gasteiger partial charge in [-0.1, -0.05) is 18.2 Å². The van der Waals surface area contributed by atoms with Crippen LogP contribution in [0, 0.1) is 12.7 Å². The summed E-state index contributed by atoms with van der Waals surface area (Å²) in [6, 6.07) is 10.5. The van der Waals surface area contributed by atoms with Gasteiger partial charge in [-0.3, -0.25) is 9.88 Å². The van der Waals surface area contributed by atoms with Crippen molar-refractivity contribution in [3.05, 3.63) is 65.2 Å². The third-order valence-electron chi connectivity index (χ3n) is 4.54. The maximum atomic E-state index is 13.4. The molecular weight excluding hydrogens is 307 g/mol. The molecule has 0 saturated carbocycles. The highest BCUT2D eigenvalue weighted by atomic mass is 19.1. The third kappa shape index (κ3) is 3.98. The molecule has 1 atom stereocenters. The van der Waals surface area contributed by atoms with Gasteiger partial charge >= 0.3 is 0 Å². The molecule has 4 nitrogen and oxygen atoms in total. The Morgan fingerprint density at radius 2 is 2.21 bits per heavy atom. The Hall–Kier alpha value is -1.82. The second-order valence-corrected chi connectivity index (χ2v) is 6.45. The number of aromatic nitrogens is 1. The van der Waals surface area contributed by atoms with Crippen LogP contribution in [0.25, 0.3) is 0 Å². The minimum Gasteiger partial charge on any atom is -0.393 e. The molecule has 1 aromatic carbocycles. The van der Waals surface area contributed by atoms with E-state index in [0.717, 1.165) is 24.3 Å². The van der Waals surface area contributed by atoms with Crippen LogP contribution in [0.2, 0.25) is 0 Å². The van der Waals surface area contributed by atoms with Crippen molar-refractivity contribution in [1.82, 2.24) is 9.88 Å². The van der Waals surface area contributed by atoms with Gasteiger partial charge in [0.2, 0.25) is 0 Å². The molecule has 0 aliphatic carbocycles. The highest BCUT2D eigenvalue weighted by Gasteiger charge is 2.36. The van der Waals surface area contributed by atoms with Crippen LogP contribution in [0.1, 0.15) is 16.8 Å². The lowest BCUT2D eigenvalue weighted by atomic mass is 9.93. The molecule has 3 rings (SSSR count). The number of nitrogens with zero attached hydrogens (tertiary/aromatic N) is 2. The molecule has 0 spiro atoms. The van der Waals surface area contributed by atoms with Gasteiger partial charge in [-0.25, -0.2) is 4.39 Å². The van der Waals surface area contributed by atoms with Crippen molar-refractivity contribution in [2.45, 2.75) is 25.5 Å². The van der Waals surface area contributed by atoms with Crippen molar-refractivity contribution in [2.24, 2.45) is 0 Å². The minimum absolute atomic E-state index is 0.0912. The van der Waals surface area contributed by atoms with Crippen molar-refractivity contribution in [1.29, 1.82) is 0 Å². The Morgan fingerprint density at radius 1 is 1.33 bits per heavy atom. The Morgan fingerprint density at radius 3 is 2.96 bits per heavy atom. The van der Waals surface area contributed by atoms with Gasteiger partial charge in [-0.15, -0.1) is 0 Å². The predicted molar refractivity (Wildman–Crippen MR) is 90.1 cm³/mol. The number of halogens is 1. The van der Waals surface area contributed by atoms with Gasteiger partial charge in [0.05, 0.1) is 13.2 Å². The normalized spacial score (nSPS) is 21.8. The standard InChI is InChI=1S/C19H23FN2O2/c1-15-17(5-3-7-21-15)12-22-8-9-24-19(13-22,14-23)11-16-4-2-6-18(20)10-16/h2-7,10,23H,8-9,11-14H2,1H3. The van der Waals surface area contributed by atoms with Crippen LogP contribution in [0.5, 0.6) is 0 Å². The van der Waals surface area contributed by atoms with Crippen LogP contribution in [-0.2, 0) is 17.7 Å². The summed E-state index contributed by atoms with van der Waals surface area (Å²) in [5.41, 5.74) is 2.34. The summed E-state index contributed by atoms with van der Waals surface area (Å²) < 4.78 is 19.4. The van der Waals surface area contributed by atoms with E-state index < -0.39 is 5.60 Å². The van der Waals surface area contributed by atoms with Crippen LogP contribution in [0.4, 0.5) is 4.39 Å². The number of hydrogen-bond acceptors (Lipinski definition) is 4. The van der Waals surface area contributed by atoms with Crippen molar-refractivity contribution in [2.75, 3.05) is 26.3 Å². The average Bonchev–Trinajstić information content (AvgIpc) is 2.57. The molecule has 24 heavy (non-hydrogen) atoms. The van der Waals surface area contributed by atoms with Crippen molar-refractivity contribution >= 4 is 0 Å². The summed E-state index contributed by atoms with van der Waals surface area (Å²) in [6.45, 7) is 4.64. The molecule has 0 radical (unpaired) electrons. The molecule has 2 aromatic rings. The smallest absolute Gasteiger partial charge is 0.123 e. The lowest BCUT2D eigenvalue weighted by Gasteiger charge is -2.42. The first kappa shape index (κ1) is 17.0. The minimum atomic E-state index is -0.692. The number of rotatable bonds is 5. The topological polar surface area (TPSA) is 45.6 Å². The maximum Gasteiger partial charge on any atom is 0.123 e. The lowest BCUT2D eigenvalue weighted by molar-refractivity contribution is -0.134. The monoisotopic (exact) mass is 330 g/mol. The lowest BCUT2D eigenvalue weighted by Crippen LogP contribution is -2.55. The summed E-state index contributed by atoms with van der Waals surface area (Å²) in [7, 11) is 0. The molecule has 1 aliphatic rings. The van der Waals surface area contributed by atoms with Gasteiger partial charge in [-0.2, -0.15) is 0 Å². The van der Waals surface area contributed by atoms with Gasteiger partial charge in [0.25, 0.3) is 0 Å². The second kappa shape index (κ2) is 7.38. The maximum absolute atomic E-state index is 13.4. The van der Waals surface area contributed by atoms with Crippen LogP contribution in [0.3, 0.4) is 0 Å². The molecule has 1 aromatic heterocycles. The molecule has 2 heterocycles. The van der Waals surface area contributed by atoms with E-state index in [0.29, 0.717) is 19.6 Å². The predicted octanol–water partition coefficient (Wildman–Crippen LogP) is 2.34. The van der Waals surface area contributed by atoms with E-state index in [-0.39, 0.29) is 12.4 Å². The SMILES string of the molecule is Cc1ncccc1CN1CCOC(CO)(Cc2cccc(F)c2)C1. The van der Waals surface area contributed by atoms with Crippen molar-refractivity contribution < 1.29 is 14.2 Å². The number of pyridine rings is 1. The second-order valence-electron chi connectivity index (χ2n) is 6.45. The first-order chi connectivity index (χ1) is 11.6. The highest BCUT2D eigenvalue weighted by molar-refractivity contribution is 5.20. The van der Waals surface area contributed by atoms with Gasteiger partial charge in [0.1, 0.15) is 11.4 Å². The van der Waals surface area contributed by atoms with E-state index in [1.807, 2.05) is 19.1 Å². The largest absolute Gasteiger partial charge is 0.393 e.